The Bertz CT molecular complexity index is 524. The Kier molecular flexibility index (Phi) is 3.86. The van der Waals surface area contributed by atoms with Gasteiger partial charge in [0.05, 0.1) is 4.92 Å². The second-order valence-corrected chi connectivity index (χ2v) is 3.94. The van der Waals surface area contributed by atoms with Gasteiger partial charge in [-0.2, -0.15) is 0 Å². The molecule has 0 aromatic heterocycles. The van der Waals surface area contributed by atoms with Gasteiger partial charge in [0.2, 0.25) is 0 Å². The van der Waals surface area contributed by atoms with Gasteiger partial charge in [-0.1, -0.05) is 48.6 Å². The highest BCUT2D eigenvalue weighted by Crippen LogP contribution is 2.13. The SMILES string of the molecule is O=[N+]([O-])c1ccc(/C=C/C=C/C2C=CC=C2)cc1. The van der Waals surface area contributed by atoms with Crippen molar-refractivity contribution in [1.82, 2.24) is 0 Å². The van der Waals surface area contributed by atoms with Crippen molar-refractivity contribution in [3.8, 4) is 0 Å². The van der Waals surface area contributed by atoms with Crippen LogP contribution in [0.25, 0.3) is 6.08 Å². The Morgan fingerprint density at radius 1 is 1.06 bits per heavy atom. The fraction of sp³-hybridized carbons (Fsp3) is 0.0667. The van der Waals surface area contributed by atoms with Gasteiger partial charge in [-0.05, 0) is 17.7 Å². The maximum absolute atomic E-state index is 10.5. The highest BCUT2D eigenvalue weighted by atomic mass is 16.6. The molecule has 0 saturated heterocycles. The molecule has 2 rings (SSSR count). The van der Waals surface area contributed by atoms with Crippen molar-refractivity contribution in [3.63, 3.8) is 0 Å². The molecule has 1 aromatic rings. The van der Waals surface area contributed by atoms with Gasteiger partial charge in [0.25, 0.3) is 5.69 Å². The van der Waals surface area contributed by atoms with E-state index in [1.807, 2.05) is 30.4 Å². The van der Waals surface area contributed by atoms with Crippen molar-refractivity contribution >= 4 is 11.8 Å². The number of non-ortho nitro benzene ring substituents is 1. The van der Waals surface area contributed by atoms with Crippen molar-refractivity contribution in [3.05, 3.63) is 82.5 Å². The zero-order valence-electron chi connectivity index (χ0n) is 9.77. The van der Waals surface area contributed by atoms with Gasteiger partial charge >= 0.3 is 0 Å². The van der Waals surface area contributed by atoms with Gasteiger partial charge in [-0.3, -0.25) is 10.1 Å². The molecular weight excluding hydrogens is 226 g/mol. The predicted molar refractivity (Wildman–Crippen MR) is 73.0 cm³/mol. The first-order valence-corrected chi connectivity index (χ1v) is 5.70. The van der Waals surface area contributed by atoms with Crippen LogP contribution in [-0.2, 0) is 0 Å². The lowest BCUT2D eigenvalue weighted by Crippen LogP contribution is -1.86. The summed E-state index contributed by atoms with van der Waals surface area (Å²) in [5.74, 6) is 0.381. The van der Waals surface area contributed by atoms with Crippen molar-refractivity contribution < 1.29 is 4.92 Å². The summed E-state index contributed by atoms with van der Waals surface area (Å²) in [4.78, 5) is 10.1. The van der Waals surface area contributed by atoms with Crippen LogP contribution >= 0.6 is 0 Å². The second kappa shape index (κ2) is 5.77. The number of allylic oxidation sites excluding steroid dienone is 7. The molecule has 0 bridgehead atoms. The molecule has 0 unspecified atom stereocenters. The monoisotopic (exact) mass is 239 g/mol. The number of hydrogen-bond donors (Lipinski definition) is 0. The van der Waals surface area contributed by atoms with E-state index in [1.165, 1.54) is 12.1 Å². The summed E-state index contributed by atoms with van der Waals surface area (Å²) in [6.45, 7) is 0. The molecule has 1 aliphatic carbocycles. The third-order valence-electron chi connectivity index (χ3n) is 2.61. The summed E-state index contributed by atoms with van der Waals surface area (Å²) in [7, 11) is 0. The van der Waals surface area contributed by atoms with E-state index >= 15 is 0 Å². The molecule has 0 atom stereocenters. The molecule has 0 amide bonds. The fourth-order valence-corrected chi connectivity index (χ4v) is 1.64. The molecule has 0 aliphatic heterocycles. The van der Waals surface area contributed by atoms with Crippen LogP contribution in [0.15, 0.2) is 66.8 Å². The molecule has 1 aliphatic rings. The summed E-state index contributed by atoms with van der Waals surface area (Å²) in [6, 6.07) is 6.48. The molecule has 0 fully saturated rings. The highest BCUT2D eigenvalue weighted by Gasteiger charge is 2.01. The summed E-state index contributed by atoms with van der Waals surface area (Å²) in [5, 5.41) is 10.5. The third kappa shape index (κ3) is 3.28. The van der Waals surface area contributed by atoms with Gasteiger partial charge in [0.15, 0.2) is 0 Å². The molecule has 18 heavy (non-hydrogen) atoms. The van der Waals surface area contributed by atoms with Crippen LogP contribution < -0.4 is 0 Å². The van der Waals surface area contributed by atoms with E-state index in [4.69, 9.17) is 0 Å². The van der Waals surface area contributed by atoms with E-state index in [2.05, 4.69) is 18.2 Å². The Hall–Kier alpha value is -2.42. The second-order valence-electron chi connectivity index (χ2n) is 3.94. The molecule has 1 aromatic carbocycles. The summed E-state index contributed by atoms with van der Waals surface area (Å²) < 4.78 is 0. The maximum Gasteiger partial charge on any atom is 0.269 e. The zero-order valence-corrected chi connectivity index (χ0v) is 9.77. The van der Waals surface area contributed by atoms with Crippen molar-refractivity contribution in [2.75, 3.05) is 0 Å². The summed E-state index contributed by atoms with van der Waals surface area (Å²) in [6.07, 6.45) is 16.2. The van der Waals surface area contributed by atoms with E-state index in [0.29, 0.717) is 5.92 Å². The standard InChI is InChI=1S/C15H13NO2/c17-16(18)15-11-9-14(10-12-15)8-4-3-7-13-5-1-2-6-13/h1-13H/b7-3+,8-4+. The molecule has 0 N–H and O–H groups in total. The Morgan fingerprint density at radius 3 is 2.33 bits per heavy atom. The van der Waals surface area contributed by atoms with Crippen LogP contribution in [0.5, 0.6) is 0 Å². The van der Waals surface area contributed by atoms with Crippen LogP contribution in [0.2, 0.25) is 0 Å². The number of hydrogen-bond acceptors (Lipinski definition) is 2. The highest BCUT2D eigenvalue weighted by molar-refractivity contribution is 5.53. The first-order valence-electron chi connectivity index (χ1n) is 5.70. The minimum Gasteiger partial charge on any atom is -0.258 e. The number of benzene rings is 1. The number of nitrogens with zero attached hydrogens (tertiary/aromatic N) is 1. The average Bonchev–Trinajstić information content (AvgIpc) is 2.88. The fourth-order valence-electron chi connectivity index (χ4n) is 1.64. The van der Waals surface area contributed by atoms with E-state index < -0.39 is 4.92 Å². The Morgan fingerprint density at radius 2 is 1.72 bits per heavy atom. The first kappa shape index (κ1) is 12.0. The minimum absolute atomic E-state index is 0.115. The van der Waals surface area contributed by atoms with Crippen molar-refractivity contribution in [1.29, 1.82) is 0 Å². The van der Waals surface area contributed by atoms with E-state index in [0.717, 1.165) is 5.56 Å². The Labute approximate surface area is 106 Å². The van der Waals surface area contributed by atoms with E-state index in [9.17, 15) is 10.1 Å². The molecule has 0 spiro atoms. The van der Waals surface area contributed by atoms with E-state index in [-0.39, 0.29) is 5.69 Å². The number of rotatable bonds is 4. The van der Waals surface area contributed by atoms with Crippen molar-refractivity contribution in [2.45, 2.75) is 0 Å². The third-order valence-corrected chi connectivity index (χ3v) is 2.61. The number of nitro groups is 1. The van der Waals surface area contributed by atoms with Crippen LogP contribution in [0.3, 0.4) is 0 Å². The summed E-state index contributed by atoms with van der Waals surface area (Å²) in [5.41, 5.74) is 1.06. The molecule has 3 heteroatoms. The van der Waals surface area contributed by atoms with Gasteiger partial charge in [0, 0.05) is 18.1 Å². The van der Waals surface area contributed by atoms with Crippen LogP contribution in [0.4, 0.5) is 5.69 Å². The summed E-state index contributed by atoms with van der Waals surface area (Å²) >= 11 is 0. The normalized spacial score (nSPS) is 15.1. The topological polar surface area (TPSA) is 43.1 Å². The van der Waals surface area contributed by atoms with Crippen LogP contribution in [0.1, 0.15) is 5.56 Å². The molecule has 3 nitrogen and oxygen atoms in total. The average molecular weight is 239 g/mol. The molecule has 0 saturated carbocycles. The lowest BCUT2D eigenvalue weighted by Gasteiger charge is -1.94. The lowest BCUT2D eigenvalue weighted by atomic mass is 10.1. The van der Waals surface area contributed by atoms with Crippen LogP contribution in [0, 0.1) is 16.0 Å². The van der Waals surface area contributed by atoms with Gasteiger partial charge in [-0.25, -0.2) is 0 Å². The predicted octanol–water partition coefficient (Wildman–Crippen LogP) is 3.91. The van der Waals surface area contributed by atoms with Gasteiger partial charge < -0.3 is 0 Å². The zero-order chi connectivity index (χ0) is 12.8. The molecular formula is C15H13NO2. The lowest BCUT2D eigenvalue weighted by molar-refractivity contribution is -0.384. The van der Waals surface area contributed by atoms with Gasteiger partial charge in [0.1, 0.15) is 0 Å². The van der Waals surface area contributed by atoms with E-state index in [1.54, 1.807) is 12.1 Å². The maximum atomic E-state index is 10.5. The molecule has 0 heterocycles. The quantitative estimate of drug-likeness (QED) is 0.454. The van der Waals surface area contributed by atoms with Crippen LogP contribution in [-0.4, -0.2) is 4.92 Å². The largest absolute Gasteiger partial charge is 0.269 e. The minimum atomic E-state index is -0.397. The van der Waals surface area contributed by atoms with Crippen molar-refractivity contribution in [2.24, 2.45) is 5.92 Å². The smallest absolute Gasteiger partial charge is 0.258 e. The molecule has 0 radical (unpaired) electrons. The van der Waals surface area contributed by atoms with Gasteiger partial charge in [-0.15, -0.1) is 0 Å². The number of nitro benzene ring substituents is 1. The Balaban J connectivity index is 1.94. The first-order chi connectivity index (χ1) is 8.75. The molecule has 90 valence electrons.